The van der Waals surface area contributed by atoms with Crippen molar-refractivity contribution in [3.8, 4) is 0 Å². The maximum Gasteiger partial charge on any atom is 0.322 e. The zero-order valence-electron chi connectivity index (χ0n) is 15.9. The topological polar surface area (TPSA) is 153 Å². The highest BCUT2D eigenvalue weighted by Crippen LogP contribution is 2.24. The summed E-state index contributed by atoms with van der Waals surface area (Å²) in [4.78, 5) is 74.1. The van der Waals surface area contributed by atoms with E-state index in [-0.39, 0.29) is 17.7 Å². The number of fused-ring (bicyclic) bond motifs is 1. The average molecular weight is 416 g/mol. The molecular weight excluding hydrogens is 396 g/mol. The van der Waals surface area contributed by atoms with Crippen molar-refractivity contribution in [1.82, 2.24) is 20.4 Å². The molecule has 11 heteroatoms. The summed E-state index contributed by atoms with van der Waals surface area (Å²) in [6, 6.07) is 5.45. The van der Waals surface area contributed by atoms with Crippen LogP contribution in [0.25, 0.3) is 0 Å². The Balaban J connectivity index is 1.58. The van der Waals surface area contributed by atoms with Gasteiger partial charge in [-0.3, -0.25) is 33.7 Å². The van der Waals surface area contributed by atoms with Crippen LogP contribution < -0.4 is 10.6 Å². The summed E-state index contributed by atoms with van der Waals surface area (Å²) in [5.41, 5.74) is 0.469. The van der Waals surface area contributed by atoms with E-state index in [1.165, 1.54) is 17.0 Å². The molecule has 30 heavy (non-hydrogen) atoms. The molecule has 0 spiro atoms. The number of carboxylic acid groups (broad SMARTS) is 1. The van der Waals surface area contributed by atoms with Gasteiger partial charge in [0.15, 0.2) is 0 Å². The number of carbonyl (C=O) groups is 6. The third-order valence-electron chi connectivity index (χ3n) is 4.91. The Labute approximate surface area is 171 Å². The van der Waals surface area contributed by atoms with Crippen molar-refractivity contribution < 1.29 is 33.9 Å². The van der Waals surface area contributed by atoms with Crippen molar-refractivity contribution in [3.63, 3.8) is 0 Å². The van der Waals surface area contributed by atoms with Crippen molar-refractivity contribution in [2.75, 3.05) is 26.2 Å². The molecule has 2 heterocycles. The minimum Gasteiger partial charge on any atom is -0.480 e. The van der Waals surface area contributed by atoms with Gasteiger partial charge in [0.2, 0.25) is 17.7 Å². The van der Waals surface area contributed by atoms with E-state index >= 15 is 0 Å². The first-order chi connectivity index (χ1) is 14.3. The Morgan fingerprint density at radius 3 is 2.23 bits per heavy atom. The quantitative estimate of drug-likeness (QED) is 0.462. The predicted molar refractivity (Wildman–Crippen MR) is 100 cm³/mol. The van der Waals surface area contributed by atoms with Crippen LogP contribution in [0, 0.1) is 0 Å². The lowest BCUT2D eigenvalue weighted by atomic mass is 10.1. The number of imide groups is 1. The van der Waals surface area contributed by atoms with Crippen LogP contribution in [0.5, 0.6) is 0 Å². The zero-order chi connectivity index (χ0) is 21.8. The van der Waals surface area contributed by atoms with E-state index in [0.717, 1.165) is 4.90 Å². The molecule has 2 aliphatic rings. The zero-order valence-corrected chi connectivity index (χ0v) is 15.9. The summed E-state index contributed by atoms with van der Waals surface area (Å²) in [5.74, 6) is -4.10. The van der Waals surface area contributed by atoms with Gasteiger partial charge < -0.3 is 20.6 Å². The van der Waals surface area contributed by atoms with Gasteiger partial charge in [-0.15, -0.1) is 0 Å². The third-order valence-corrected chi connectivity index (χ3v) is 4.91. The van der Waals surface area contributed by atoms with E-state index in [9.17, 15) is 28.8 Å². The molecule has 1 aromatic carbocycles. The van der Waals surface area contributed by atoms with E-state index in [2.05, 4.69) is 10.6 Å². The molecular formula is C19H20N4O7. The SMILES string of the molecule is O=C(O)CNC(=O)CNC(=O)[C@@H]1CCCN1C(=O)CN1C(=O)c2ccccc2C1=O. The minimum atomic E-state index is -1.21. The van der Waals surface area contributed by atoms with Crippen molar-refractivity contribution >= 4 is 35.5 Å². The Morgan fingerprint density at radius 1 is 1.00 bits per heavy atom. The largest absolute Gasteiger partial charge is 0.480 e. The fraction of sp³-hybridized carbons (Fsp3) is 0.368. The number of hydrogen-bond acceptors (Lipinski definition) is 6. The summed E-state index contributed by atoms with van der Waals surface area (Å²) in [6.45, 7) is -1.19. The Kier molecular flexibility index (Phi) is 6.09. The van der Waals surface area contributed by atoms with E-state index < -0.39 is 61.2 Å². The molecule has 0 aromatic heterocycles. The highest BCUT2D eigenvalue weighted by atomic mass is 16.4. The first-order valence-corrected chi connectivity index (χ1v) is 9.30. The standard InChI is InChI=1S/C19H20N4O7/c24-14(20-9-16(26)27)8-21-17(28)13-6-3-7-22(13)15(25)10-23-18(29)11-4-1-2-5-12(11)19(23)30/h1-2,4-5,13H,3,6-10H2,(H,20,24)(H,21,28)(H,26,27)/t13-/m0/s1. The van der Waals surface area contributed by atoms with Crippen LogP contribution in [0.3, 0.4) is 0 Å². The van der Waals surface area contributed by atoms with Gasteiger partial charge in [0.05, 0.1) is 17.7 Å². The molecule has 1 atom stereocenters. The van der Waals surface area contributed by atoms with Crippen LogP contribution in [0.1, 0.15) is 33.6 Å². The molecule has 3 rings (SSSR count). The molecule has 0 saturated carbocycles. The molecule has 1 fully saturated rings. The molecule has 158 valence electrons. The van der Waals surface area contributed by atoms with E-state index in [0.29, 0.717) is 12.8 Å². The lowest BCUT2D eigenvalue weighted by Crippen LogP contribution is -2.51. The Bertz CT molecular complexity index is 894. The number of rotatable bonds is 7. The minimum absolute atomic E-state index is 0.235. The molecule has 0 aliphatic carbocycles. The number of carboxylic acids is 1. The van der Waals surface area contributed by atoms with E-state index in [1.807, 2.05) is 0 Å². The van der Waals surface area contributed by atoms with Gasteiger partial charge in [0.25, 0.3) is 11.8 Å². The van der Waals surface area contributed by atoms with Gasteiger partial charge in [-0.05, 0) is 25.0 Å². The summed E-state index contributed by atoms with van der Waals surface area (Å²) in [5, 5.41) is 13.0. The number of hydrogen-bond donors (Lipinski definition) is 3. The lowest BCUT2D eigenvalue weighted by Gasteiger charge is -2.25. The second kappa shape index (κ2) is 8.72. The lowest BCUT2D eigenvalue weighted by molar-refractivity contribution is -0.139. The second-order valence-corrected chi connectivity index (χ2v) is 6.88. The molecule has 5 amide bonds. The number of nitrogens with zero attached hydrogens (tertiary/aromatic N) is 2. The summed E-state index contributed by atoms with van der Waals surface area (Å²) in [6.07, 6.45) is 0.924. The van der Waals surface area contributed by atoms with Crippen molar-refractivity contribution in [2.24, 2.45) is 0 Å². The third kappa shape index (κ3) is 4.29. The van der Waals surface area contributed by atoms with Gasteiger partial charge in [0.1, 0.15) is 19.1 Å². The van der Waals surface area contributed by atoms with Crippen LogP contribution in [0.2, 0.25) is 0 Å². The van der Waals surface area contributed by atoms with E-state index in [1.54, 1.807) is 12.1 Å². The normalized spacial score (nSPS) is 17.7. The van der Waals surface area contributed by atoms with Crippen molar-refractivity contribution in [2.45, 2.75) is 18.9 Å². The van der Waals surface area contributed by atoms with Gasteiger partial charge in [-0.25, -0.2) is 0 Å². The van der Waals surface area contributed by atoms with Crippen LogP contribution in [-0.4, -0.2) is 82.6 Å². The number of amides is 5. The molecule has 11 nitrogen and oxygen atoms in total. The monoisotopic (exact) mass is 416 g/mol. The van der Waals surface area contributed by atoms with Crippen LogP contribution in [-0.2, 0) is 19.2 Å². The maximum atomic E-state index is 12.7. The molecule has 1 saturated heterocycles. The molecule has 1 aromatic rings. The van der Waals surface area contributed by atoms with Gasteiger partial charge in [0, 0.05) is 6.54 Å². The van der Waals surface area contributed by atoms with Gasteiger partial charge >= 0.3 is 5.97 Å². The average Bonchev–Trinajstić information content (AvgIpc) is 3.31. The first kappa shape index (κ1) is 21.0. The Morgan fingerprint density at radius 2 is 1.63 bits per heavy atom. The molecule has 2 aliphatic heterocycles. The summed E-state index contributed by atoms with van der Waals surface area (Å²) >= 11 is 0. The van der Waals surface area contributed by atoms with E-state index in [4.69, 9.17) is 5.11 Å². The van der Waals surface area contributed by atoms with Crippen molar-refractivity contribution in [3.05, 3.63) is 35.4 Å². The maximum absolute atomic E-state index is 12.7. The number of likely N-dealkylation sites (tertiary alicyclic amines) is 1. The van der Waals surface area contributed by atoms with Crippen LogP contribution in [0.15, 0.2) is 24.3 Å². The second-order valence-electron chi connectivity index (χ2n) is 6.88. The molecule has 0 unspecified atom stereocenters. The fourth-order valence-electron chi connectivity index (χ4n) is 3.47. The molecule has 3 N–H and O–H groups in total. The fourth-order valence-corrected chi connectivity index (χ4v) is 3.47. The molecule has 0 radical (unpaired) electrons. The highest BCUT2D eigenvalue weighted by Gasteiger charge is 2.40. The predicted octanol–water partition coefficient (Wildman–Crippen LogP) is -1.41. The smallest absolute Gasteiger partial charge is 0.322 e. The van der Waals surface area contributed by atoms with Crippen LogP contribution >= 0.6 is 0 Å². The Hall–Kier alpha value is -3.76. The van der Waals surface area contributed by atoms with Gasteiger partial charge in [-0.1, -0.05) is 12.1 Å². The number of nitrogens with one attached hydrogen (secondary N) is 2. The number of carbonyl (C=O) groups excluding carboxylic acids is 5. The van der Waals surface area contributed by atoms with Gasteiger partial charge in [-0.2, -0.15) is 0 Å². The summed E-state index contributed by atoms with van der Waals surface area (Å²) < 4.78 is 0. The van der Waals surface area contributed by atoms with Crippen LogP contribution in [0.4, 0.5) is 0 Å². The summed E-state index contributed by atoms with van der Waals surface area (Å²) in [7, 11) is 0. The first-order valence-electron chi connectivity index (χ1n) is 9.30. The highest BCUT2D eigenvalue weighted by molar-refractivity contribution is 6.22. The van der Waals surface area contributed by atoms with Crippen molar-refractivity contribution in [1.29, 1.82) is 0 Å². The molecule has 0 bridgehead atoms. The number of aliphatic carboxylic acids is 1. The number of benzene rings is 1.